The fourth-order valence-corrected chi connectivity index (χ4v) is 3.15. The molecule has 7 nitrogen and oxygen atoms in total. The van der Waals surface area contributed by atoms with Gasteiger partial charge in [-0.25, -0.2) is 4.98 Å². The predicted octanol–water partition coefficient (Wildman–Crippen LogP) is 3.26. The van der Waals surface area contributed by atoms with E-state index in [2.05, 4.69) is 30.0 Å². The Morgan fingerprint density at radius 3 is 2.88 bits per heavy atom. The normalized spacial score (nSPS) is 13.8. The highest BCUT2D eigenvalue weighted by Crippen LogP contribution is 2.37. The van der Waals surface area contributed by atoms with Crippen LogP contribution in [-0.2, 0) is 0 Å². The second kappa shape index (κ2) is 5.80. The maximum Gasteiger partial charge on any atom is 0.191 e. The molecule has 0 spiro atoms. The van der Waals surface area contributed by atoms with Crippen molar-refractivity contribution in [2.75, 3.05) is 5.32 Å². The number of aromatic nitrogens is 5. The molecule has 4 aromatic rings. The van der Waals surface area contributed by atoms with Gasteiger partial charge in [0, 0.05) is 18.3 Å². The van der Waals surface area contributed by atoms with Crippen molar-refractivity contribution in [2.45, 2.75) is 18.9 Å². The third kappa shape index (κ3) is 2.54. The molecule has 0 bridgehead atoms. The number of hydrogen-bond donors (Lipinski definition) is 2. The van der Waals surface area contributed by atoms with Crippen LogP contribution in [-0.4, -0.2) is 24.7 Å². The first kappa shape index (κ1) is 14.8. The summed E-state index contributed by atoms with van der Waals surface area (Å²) in [6.07, 6.45) is 5.72. The van der Waals surface area contributed by atoms with E-state index in [0.717, 1.165) is 35.6 Å². The van der Waals surface area contributed by atoms with Crippen molar-refractivity contribution >= 4 is 22.4 Å². The number of aromatic amines is 1. The van der Waals surface area contributed by atoms with E-state index in [0.29, 0.717) is 17.2 Å². The number of rotatable bonds is 4. The van der Waals surface area contributed by atoms with E-state index in [-0.39, 0.29) is 5.43 Å². The van der Waals surface area contributed by atoms with Gasteiger partial charge < -0.3 is 14.9 Å². The molecule has 3 aromatic heterocycles. The molecule has 0 radical (unpaired) electrons. The van der Waals surface area contributed by atoms with Gasteiger partial charge in [0.2, 0.25) is 0 Å². The number of H-pyrrole nitrogens is 1. The molecule has 0 unspecified atom stereocenters. The molecule has 1 fully saturated rings. The summed E-state index contributed by atoms with van der Waals surface area (Å²) in [5.74, 6) is 1.43. The van der Waals surface area contributed by atoms with Gasteiger partial charge in [-0.1, -0.05) is 12.1 Å². The predicted molar refractivity (Wildman–Crippen MR) is 99.4 cm³/mol. The van der Waals surface area contributed by atoms with Crippen LogP contribution < -0.4 is 10.7 Å². The summed E-state index contributed by atoms with van der Waals surface area (Å²) in [4.78, 5) is 20.0. The molecule has 3 heterocycles. The van der Waals surface area contributed by atoms with E-state index in [1.807, 2.05) is 36.4 Å². The first-order chi connectivity index (χ1) is 12.8. The molecule has 1 aliphatic rings. The first-order valence-electron chi connectivity index (χ1n) is 8.54. The van der Waals surface area contributed by atoms with Gasteiger partial charge in [0.25, 0.3) is 0 Å². The summed E-state index contributed by atoms with van der Waals surface area (Å²) in [5.41, 5.74) is 2.23. The summed E-state index contributed by atoms with van der Waals surface area (Å²) in [5, 5.41) is 12.1. The Bertz CT molecular complexity index is 1150. The molecule has 0 saturated heterocycles. The fourth-order valence-electron chi connectivity index (χ4n) is 3.15. The molecule has 7 heteroatoms. The van der Waals surface area contributed by atoms with Gasteiger partial charge in [-0.3, -0.25) is 4.79 Å². The highest BCUT2D eigenvalue weighted by Gasteiger charge is 2.27. The van der Waals surface area contributed by atoms with Crippen molar-refractivity contribution in [3.05, 3.63) is 65.2 Å². The minimum Gasteiger partial charge on any atom is -0.361 e. The third-order valence-electron chi connectivity index (χ3n) is 4.54. The third-order valence-corrected chi connectivity index (χ3v) is 4.54. The smallest absolute Gasteiger partial charge is 0.191 e. The number of pyridine rings is 2. The van der Waals surface area contributed by atoms with Crippen molar-refractivity contribution in [1.29, 1.82) is 0 Å². The lowest BCUT2D eigenvalue weighted by Crippen LogP contribution is -2.05. The number of hydrogen-bond acceptors (Lipinski definition) is 5. The van der Waals surface area contributed by atoms with Crippen LogP contribution in [0, 0.1) is 0 Å². The molecule has 5 rings (SSSR count). The molecule has 0 amide bonds. The van der Waals surface area contributed by atoms with E-state index >= 15 is 0 Å². The number of nitrogens with zero attached hydrogens (tertiary/aromatic N) is 4. The van der Waals surface area contributed by atoms with Crippen LogP contribution in [0.5, 0.6) is 0 Å². The van der Waals surface area contributed by atoms with Crippen molar-refractivity contribution in [3.8, 4) is 11.5 Å². The van der Waals surface area contributed by atoms with E-state index in [1.165, 1.54) is 6.07 Å². The Labute approximate surface area is 148 Å². The zero-order chi connectivity index (χ0) is 17.5. The molecule has 0 atom stereocenters. The number of anilines is 2. The maximum atomic E-state index is 12.3. The zero-order valence-corrected chi connectivity index (χ0v) is 13.9. The highest BCUT2D eigenvalue weighted by atomic mass is 16.1. The van der Waals surface area contributed by atoms with Gasteiger partial charge in [0.15, 0.2) is 11.3 Å². The van der Waals surface area contributed by atoms with Crippen molar-refractivity contribution < 1.29 is 0 Å². The second-order valence-corrected chi connectivity index (χ2v) is 6.40. The summed E-state index contributed by atoms with van der Waals surface area (Å²) < 4.78 is 2.08. The molecular weight excluding hydrogens is 328 g/mol. The lowest BCUT2D eigenvalue weighted by Gasteiger charge is -2.10. The number of fused-ring (bicyclic) bond motifs is 1. The molecule has 26 heavy (non-hydrogen) atoms. The Hall–Kier alpha value is -3.48. The van der Waals surface area contributed by atoms with Gasteiger partial charge in [-0.2, -0.15) is 0 Å². The lowest BCUT2D eigenvalue weighted by atomic mass is 10.1. The maximum absolute atomic E-state index is 12.3. The molecular formula is C19H16N6O. The second-order valence-electron chi connectivity index (χ2n) is 6.40. The van der Waals surface area contributed by atoms with E-state index in [1.54, 1.807) is 12.5 Å². The average molecular weight is 344 g/mol. The van der Waals surface area contributed by atoms with E-state index in [4.69, 9.17) is 0 Å². The Morgan fingerprint density at radius 2 is 2.00 bits per heavy atom. The molecule has 128 valence electrons. The topological polar surface area (TPSA) is 88.5 Å². The van der Waals surface area contributed by atoms with Gasteiger partial charge in [0.05, 0.1) is 16.6 Å². The van der Waals surface area contributed by atoms with Gasteiger partial charge in [0.1, 0.15) is 17.8 Å². The Balaban J connectivity index is 1.54. The summed E-state index contributed by atoms with van der Waals surface area (Å²) in [6.45, 7) is 0. The van der Waals surface area contributed by atoms with Gasteiger partial charge in [-0.15, -0.1) is 10.2 Å². The molecule has 1 aromatic carbocycles. The summed E-state index contributed by atoms with van der Waals surface area (Å²) >= 11 is 0. The molecule has 1 aliphatic carbocycles. The van der Waals surface area contributed by atoms with E-state index in [9.17, 15) is 4.79 Å². The van der Waals surface area contributed by atoms with Crippen molar-refractivity contribution in [2.24, 2.45) is 0 Å². The highest BCUT2D eigenvalue weighted by molar-refractivity contribution is 5.92. The van der Waals surface area contributed by atoms with E-state index < -0.39 is 0 Å². The van der Waals surface area contributed by atoms with Crippen LogP contribution in [0.3, 0.4) is 0 Å². The number of benzene rings is 1. The van der Waals surface area contributed by atoms with Crippen LogP contribution in [0.15, 0.2) is 59.8 Å². The molecule has 0 aliphatic heterocycles. The quantitative estimate of drug-likeness (QED) is 0.593. The fraction of sp³-hybridized carbons (Fsp3) is 0.158. The van der Waals surface area contributed by atoms with Gasteiger partial charge >= 0.3 is 0 Å². The summed E-state index contributed by atoms with van der Waals surface area (Å²) in [7, 11) is 0. The Morgan fingerprint density at radius 1 is 1.12 bits per heavy atom. The molecule has 2 N–H and O–H groups in total. The van der Waals surface area contributed by atoms with Crippen LogP contribution in [0.1, 0.15) is 18.9 Å². The Kier molecular flexibility index (Phi) is 3.31. The van der Waals surface area contributed by atoms with Crippen molar-refractivity contribution in [3.63, 3.8) is 0 Å². The summed E-state index contributed by atoms with van der Waals surface area (Å²) in [6, 6.07) is 13.4. The van der Waals surface area contributed by atoms with Crippen molar-refractivity contribution in [1.82, 2.24) is 24.7 Å². The lowest BCUT2D eigenvalue weighted by molar-refractivity contribution is 0.744. The van der Waals surface area contributed by atoms with Crippen LogP contribution >= 0.6 is 0 Å². The standard InChI is InChI=1S/C19H16N6O/c26-16-9-10-20-13-3-1-4-14(18(13)16)22-17-6-2-5-15(23-17)19-24-21-11-25(19)12-7-8-12/h1-6,9-12H,7-8H2,(H,20,26)(H,22,23). The largest absolute Gasteiger partial charge is 0.361 e. The minimum atomic E-state index is -0.0357. The number of nitrogens with one attached hydrogen (secondary N) is 2. The monoisotopic (exact) mass is 344 g/mol. The van der Waals surface area contributed by atoms with Gasteiger partial charge in [-0.05, 0) is 37.1 Å². The van der Waals surface area contributed by atoms with Crippen LogP contribution in [0.25, 0.3) is 22.4 Å². The molecule has 1 saturated carbocycles. The van der Waals surface area contributed by atoms with Crippen LogP contribution in [0.2, 0.25) is 0 Å². The van der Waals surface area contributed by atoms with Crippen LogP contribution in [0.4, 0.5) is 11.5 Å². The first-order valence-corrected chi connectivity index (χ1v) is 8.54. The average Bonchev–Trinajstić information content (AvgIpc) is 3.39. The SMILES string of the molecule is O=c1cc[nH]c2cccc(Nc3cccc(-c4nncn4C4CC4)n3)c12. The minimum absolute atomic E-state index is 0.0357. The zero-order valence-electron chi connectivity index (χ0n) is 13.9.